The molecule has 0 saturated carbocycles. The van der Waals surface area contributed by atoms with Gasteiger partial charge in [0.1, 0.15) is 5.71 Å². The van der Waals surface area contributed by atoms with Gasteiger partial charge in [0.05, 0.1) is 6.20 Å². The minimum Gasteiger partial charge on any atom is -0.347 e. The normalized spacial score (nSPS) is 13.2. The summed E-state index contributed by atoms with van der Waals surface area (Å²) in [5.41, 5.74) is 2.50. The van der Waals surface area contributed by atoms with E-state index in [0.717, 1.165) is 16.0 Å². The third-order valence-corrected chi connectivity index (χ3v) is 5.43. The topological polar surface area (TPSA) is 76.3 Å². The molecule has 0 spiro atoms. The number of carbonyl (C=O) groups excluding carboxylic acids is 1. The van der Waals surface area contributed by atoms with Crippen LogP contribution >= 0.6 is 0 Å². The quantitative estimate of drug-likeness (QED) is 0.619. The van der Waals surface area contributed by atoms with Crippen molar-refractivity contribution in [2.75, 3.05) is 13.3 Å². The third-order valence-electron chi connectivity index (χ3n) is 3.72. The van der Waals surface area contributed by atoms with Crippen molar-refractivity contribution < 1.29 is 9.00 Å². The van der Waals surface area contributed by atoms with E-state index in [9.17, 15) is 9.00 Å². The van der Waals surface area contributed by atoms with Crippen molar-refractivity contribution >= 4 is 26.2 Å². The lowest BCUT2D eigenvalue weighted by molar-refractivity contribution is -0.114. The minimum atomic E-state index is -2.13. The van der Waals surface area contributed by atoms with Crippen LogP contribution in [0, 0.1) is 6.92 Å². The van der Waals surface area contributed by atoms with Crippen LogP contribution in [-0.4, -0.2) is 43.9 Å². The van der Waals surface area contributed by atoms with Crippen molar-refractivity contribution in [3.8, 4) is 0 Å². The van der Waals surface area contributed by atoms with E-state index in [0.29, 0.717) is 12.3 Å². The molecule has 1 atom stereocenters. The number of hydrogen-bond acceptors (Lipinski definition) is 4. The Morgan fingerprint density at radius 3 is 2.68 bits per heavy atom. The average Bonchev–Trinajstić information content (AvgIpc) is 3.10. The zero-order valence-electron chi connectivity index (χ0n) is 17.1. The van der Waals surface area contributed by atoms with Gasteiger partial charge in [-0.15, -0.1) is 0 Å². The summed E-state index contributed by atoms with van der Waals surface area (Å²) in [7, 11) is 1.30. The molecule has 1 heterocycles. The molecule has 7 heteroatoms. The Hall–Kier alpha value is -2.89. The number of hydrogen-bond donors (Lipinski definition) is 1. The summed E-state index contributed by atoms with van der Waals surface area (Å²) in [5, 5.41) is 9.35. The van der Waals surface area contributed by atoms with Crippen molar-refractivity contribution in [2.45, 2.75) is 25.3 Å². The van der Waals surface area contributed by atoms with Crippen LogP contribution in [0.1, 0.15) is 18.1 Å². The molecule has 0 aliphatic heterocycles. The van der Waals surface area contributed by atoms with E-state index in [-0.39, 0.29) is 5.91 Å². The van der Waals surface area contributed by atoms with Crippen LogP contribution in [0.15, 0.2) is 65.3 Å². The molecule has 0 aliphatic carbocycles. The maximum Gasteiger partial charge on any atom is 0.269 e. The summed E-state index contributed by atoms with van der Waals surface area (Å²) in [6.45, 7) is 7.72. The lowest BCUT2D eigenvalue weighted by atomic mass is 10.2. The zero-order valence-corrected chi connectivity index (χ0v) is 17.9. The van der Waals surface area contributed by atoms with Crippen LogP contribution in [0.2, 0.25) is 0 Å². The van der Waals surface area contributed by atoms with E-state index in [1.165, 1.54) is 0 Å². The highest BCUT2D eigenvalue weighted by atomic mass is 32.2. The summed E-state index contributed by atoms with van der Waals surface area (Å²) in [5.74, 6) is -0.176. The molecule has 1 amide bonds. The first-order valence-electron chi connectivity index (χ1n) is 8.68. The second-order valence-electron chi connectivity index (χ2n) is 6.12. The van der Waals surface area contributed by atoms with Gasteiger partial charge in [-0.2, -0.15) is 5.10 Å². The van der Waals surface area contributed by atoms with E-state index in [1.807, 2.05) is 51.4 Å². The Morgan fingerprint density at radius 1 is 1.46 bits per heavy atom. The first-order valence-corrected chi connectivity index (χ1v) is 10.6. The van der Waals surface area contributed by atoms with Gasteiger partial charge in [0.25, 0.3) is 5.91 Å². The van der Waals surface area contributed by atoms with Gasteiger partial charge in [0.15, 0.2) is 0 Å². The highest BCUT2D eigenvalue weighted by Gasteiger charge is 2.06. The van der Waals surface area contributed by atoms with Crippen molar-refractivity contribution in [3.05, 3.63) is 66.5 Å². The van der Waals surface area contributed by atoms with Gasteiger partial charge in [0.2, 0.25) is 0 Å². The van der Waals surface area contributed by atoms with E-state index in [4.69, 9.17) is 0 Å². The molecule has 28 heavy (non-hydrogen) atoms. The molecule has 1 unspecified atom stereocenters. The summed E-state index contributed by atoms with van der Waals surface area (Å²) >= 11 is 0. The predicted octanol–water partition coefficient (Wildman–Crippen LogP) is 2.54. The van der Waals surface area contributed by atoms with Crippen LogP contribution in [0.5, 0.6) is 0 Å². The van der Waals surface area contributed by atoms with Gasteiger partial charge < -0.3 is 5.32 Å². The van der Waals surface area contributed by atoms with Gasteiger partial charge in [-0.05, 0) is 44.2 Å². The first kappa shape index (κ1) is 23.1. The Bertz CT molecular complexity index is 1000. The maximum absolute atomic E-state index is 11.7. The molecule has 0 radical (unpaired) electrons. The molecule has 6 nitrogen and oxygen atoms in total. The highest BCUT2D eigenvalue weighted by molar-refractivity contribution is 8.00. The van der Waals surface area contributed by atoms with Gasteiger partial charge >= 0.3 is 0 Å². The summed E-state index contributed by atoms with van der Waals surface area (Å²) in [4.78, 5) is 16.3. The molecule has 0 aliphatic rings. The van der Waals surface area contributed by atoms with Crippen molar-refractivity contribution in [1.82, 2.24) is 15.1 Å². The molecule has 1 aromatic heterocycles. The lowest BCUT2D eigenvalue weighted by Gasteiger charge is -2.02. The predicted molar refractivity (Wildman–Crippen MR) is 117 cm³/mol. The summed E-state index contributed by atoms with van der Waals surface area (Å²) in [6, 6.07) is 7.61. The van der Waals surface area contributed by atoms with Gasteiger partial charge in [0, 0.05) is 53.1 Å². The Morgan fingerprint density at radius 2 is 2.18 bits per heavy atom. The van der Waals surface area contributed by atoms with E-state index >= 15 is 0 Å². The number of carbonyl (C=O) groups is 1. The lowest BCUT2D eigenvalue weighted by Crippen LogP contribution is -2.29. The van der Waals surface area contributed by atoms with Crippen molar-refractivity contribution in [2.24, 2.45) is 12.0 Å². The molecule has 2 rings (SSSR count). The first-order chi connectivity index (χ1) is 13.2. The van der Waals surface area contributed by atoms with Crippen LogP contribution in [0.25, 0.3) is 0 Å². The molecule has 0 fully saturated rings. The molecule has 1 aromatic carbocycles. The third kappa shape index (κ3) is 7.39. The highest BCUT2D eigenvalue weighted by Crippen LogP contribution is 2.10. The zero-order chi connectivity index (χ0) is 21.2. The molecule has 0 saturated heterocycles. The largest absolute Gasteiger partial charge is 0.347 e. The molecular weight excluding hydrogens is 372 g/mol. The molecule has 0 bridgehead atoms. The van der Waals surface area contributed by atoms with E-state index < -0.39 is 9.52 Å². The molecular formula is C21H28N4O2S. The number of nitrogens with zero attached hydrogens (tertiary/aromatic N) is 3. The van der Waals surface area contributed by atoms with Gasteiger partial charge in [-0.1, -0.05) is 23.2 Å². The second-order valence-corrected chi connectivity index (χ2v) is 8.57. The fourth-order valence-electron chi connectivity index (χ4n) is 2.19. The fourth-order valence-corrected chi connectivity index (χ4v) is 3.10. The number of amides is 1. The van der Waals surface area contributed by atoms with Crippen LogP contribution < -0.4 is 5.32 Å². The van der Waals surface area contributed by atoms with Crippen LogP contribution in [-0.2, 0) is 27.9 Å². The second kappa shape index (κ2) is 11.1. The SMILES string of the molecule is C/C=C\C(=NC)C(=O)NCc1cnn(C)c1.C=C=S(C)(=O)c1cccc(C)c1. The Labute approximate surface area is 167 Å². The number of nitrogens with one attached hydrogen (secondary N) is 1. The number of aliphatic imine (C=N–C) groups is 1. The Balaban J connectivity index is 0.000000292. The van der Waals surface area contributed by atoms with Crippen molar-refractivity contribution in [1.29, 1.82) is 0 Å². The smallest absolute Gasteiger partial charge is 0.269 e. The minimum absolute atomic E-state index is 0.176. The number of rotatable bonds is 5. The van der Waals surface area contributed by atoms with E-state index in [1.54, 1.807) is 36.3 Å². The standard InChI is InChI=1S/C11H16N4O.C10H12OS/c1-4-5-10(12-2)11(16)13-6-9-7-14-15(3)8-9;1-4-12(3,11)10-7-5-6-9(2)8-10/h4-5,7-8H,6H2,1-3H3,(H,13,16);5-8H,1H2,2-3H3/b5-4-,12-10?;. The summed E-state index contributed by atoms with van der Waals surface area (Å²) in [6.07, 6.45) is 8.69. The van der Waals surface area contributed by atoms with Crippen molar-refractivity contribution in [3.63, 3.8) is 0 Å². The number of benzene rings is 1. The van der Waals surface area contributed by atoms with Gasteiger partial charge in [-0.3, -0.25) is 18.7 Å². The van der Waals surface area contributed by atoms with E-state index in [2.05, 4.69) is 27.0 Å². The molecule has 1 N–H and O–H groups in total. The summed E-state index contributed by atoms with van der Waals surface area (Å²) < 4.78 is 13.4. The Kier molecular flexibility index (Phi) is 9.15. The molecule has 150 valence electrons. The number of aromatic nitrogens is 2. The van der Waals surface area contributed by atoms with Gasteiger partial charge in [-0.25, -0.2) is 0 Å². The fraction of sp³-hybridized carbons (Fsp3) is 0.286. The van der Waals surface area contributed by atoms with Crippen LogP contribution in [0.3, 0.4) is 0 Å². The monoisotopic (exact) mass is 400 g/mol. The maximum atomic E-state index is 11.7. The number of allylic oxidation sites excluding steroid dienone is 1. The average molecular weight is 401 g/mol. The van der Waals surface area contributed by atoms with Crippen LogP contribution in [0.4, 0.5) is 0 Å². The molecule has 2 aromatic rings. The number of aryl methyl sites for hydroxylation is 2.